The van der Waals surface area contributed by atoms with E-state index < -0.39 is 0 Å². The van der Waals surface area contributed by atoms with Crippen molar-refractivity contribution >= 4 is 5.78 Å². The van der Waals surface area contributed by atoms with Gasteiger partial charge in [-0.1, -0.05) is 49.0 Å². The molecule has 0 saturated carbocycles. The second-order valence-corrected chi connectivity index (χ2v) is 6.23. The van der Waals surface area contributed by atoms with Crippen LogP contribution in [0.4, 0.5) is 0 Å². The van der Waals surface area contributed by atoms with Gasteiger partial charge in [0, 0.05) is 6.42 Å². The summed E-state index contributed by atoms with van der Waals surface area (Å²) in [5.74, 6) is 0.715. The van der Waals surface area contributed by atoms with Crippen LogP contribution in [0.3, 0.4) is 0 Å². The Balaban J connectivity index is 1.87. The molecule has 0 aliphatic heterocycles. The summed E-state index contributed by atoms with van der Waals surface area (Å²) >= 11 is 0. The normalized spacial score (nSPS) is 11.1. The van der Waals surface area contributed by atoms with Crippen molar-refractivity contribution in [3.8, 4) is 16.9 Å². The molecule has 0 saturated heterocycles. The number of carbonyl (C=O) groups excluding carboxylic acids is 1. The van der Waals surface area contributed by atoms with Crippen LogP contribution >= 0.6 is 0 Å². The lowest BCUT2D eigenvalue weighted by molar-refractivity contribution is -0.119. The van der Waals surface area contributed by atoms with Gasteiger partial charge in [0.05, 0.1) is 6.61 Å². The lowest BCUT2D eigenvalue weighted by atomic mass is 10.0. The van der Waals surface area contributed by atoms with Crippen molar-refractivity contribution in [2.24, 2.45) is 0 Å². The quantitative estimate of drug-likeness (QED) is 0.496. The molecule has 126 valence electrons. The fraction of sp³-hybridized carbons (Fsp3) is 0.286. The van der Waals surface area contributed by atoms with Gasteiger partial charge in [0.2, 0.25) is 0 Å². The highest BCUT2D eigenvalue weighted by Crippen LogP contribution is 2.25. The summed E-state index contributed by atoms with van der Waals surface area (Å²) in [4.78, 5) is 11.1. The van der Waals surface area contributed by atoms with E-state index in [4.69, 9.17) is 9.47 Å². The van der Waals surface area contributed by atoms with Crippen LogP contribution in [-0.2, 0) is 9.53 Å². The third kappa shape index (κ3) is 5.67. The van der Waals surface area contributed by atoms with Crippen LogP contribution in [0.15, 0.2) is 67.3 Å². The fourth-order valence-corrected chi connectivity index (χ4v) is 2.27. The standard InChI is InChI=1S/C21H24O3/c1-4-19(22)16-23-15-14-21(2,3)24-20-12-10-18(11-13-20)17-8-6-5-7-9-17/h4-13H,1,14-16H2,2-3H3. The van der Waals surface area contributed by atoms with Crippen LogP contribution in [0.1, 0.15) is 20.3 Å². The van der Waals surface area contributed by atoms with E-state index in [2.05, 4.69) is 30.8 Å². The highest BCUT2D eigenvalue weighted by molar-refractivity contribution is 5.90. The minimum Gasteiger partial charge on any atom is -0.488 e. The maximum atomic E-state index is 11.1. The van der Waals surface area contributed by atoms with Gasteiger partial charge in [-0.2, -0.15) is 0 Å². The molecule has 3 heteroatoms. The van der Waals surface area contributed by atoms with Gasteiger partial charge < -0.3 is 9.47 Å². The Kier molecular flexibility index (Phi) is 6.33. The van der Waals surface area contributed by atoms with Gasteiger partial charge in [0.25, 0.3) is 0 Å². The number of hydrogen-bond acceptors (Lipinski definition) is 3. The molecule has 0 amide bonds. The minimum atomic E-state index is -0.370. The van der Waals surface area contributed by atoms with E-state index in [1.807, 2.05) is 44.2 Å². The molecule has 0 N–H and O–H groups in total. The van der Waals surface area contributed by atoms with E-state index in [0.29, 0.717) is 13.0 Å². The molecule has 3 nitrogen and oxygen atoms in total. The molecule has 0 atom stereocenters. The average Bonchev–Trinajstić information content (AvgIpc) is 2.59. The zero-order valence-corrected chi connectivity index (χ0v) is 14.3. The molecule has 2 aromatic rings. The Morgan fingerprint density at radius 1 is 1.04 bits per heavy atom. The number of rotatable bonds is 9. The summed E-state index contributed by atoms with van der Waals surface area (Å²) in [6.45, 7) is 7.98. The Hall–Kier alpha value is -2.39. The fourth-order valence-electron chi connectivity index (χ4n) is 2.27. The van der Waals surface area contributed by atoms with E-state index >= 15 is 0 Å². The zero-order valence-electron chi connectivity index (χ0n) is 14.3. The molecule has 0 aromatic heterocycles. The van der Waals surface area contributed by atoms with Crippen LogP contribution in [0.5, 0.6) is 5.75 Å². The molecular formula is C21H24O3. The predicted octanol–water partition coefficient (Wildman–Crippen LogP) is 4.67. The van der Waals surface area contributed by atoms with Gasteiger partial charge in [-0.3, -0.25) is 4.79 Å². The molecule has 0 aliphatic rings. The molecule has 0 bridgehead atoms. The summed E-state index contributed by atoms with van der Waals surface area (Å²) in [7, 11) is 0. The molecule has 2 rings (SSSR count). The van der Waals surface area contributed by atoms with E-state index in [1.54, 1.807) is 0 Å². The maximum Gasteiger partial charge on any atom is 0.180 e. The third-order valence-corrected chi connectivity index (χ3v) is 3.68. The van der Waals surface area contributed by atoms with Crippen molar-refractivity contribution < 1.29 is 14.3 Å². The summed E-state index contributed by atoms with van der Waals surface area (Å²) in [6, 6.07) is 18.3. The second-order valence-electron chi connectivity index (χ2n) is 6.23. The number of carbonyl (C=O) groups is 1. The van der Waals surface area contributed by atoms with Crippen molar-refractivity contribution in [2.45, 2.75) is 25.9 Å². The van der Waals surface area contributed by atoms with Gasteiger partial charge in [-0.15, -0.1) is 0 Å². The molecule has 0 unspecified atom stereocenters. The highest BCUT2D eigenvalue weighted by atomic mass is 16.5. The summed E-state index contributed by atoms with van der Waals surface area (Å²) in [5.41, 5.74) is 1.97. The molecule has 2 aromatic carbocycles. The molecule has 0 fully saturated rings. The van der Waals surface area contributed by atoms with Gasteiger partial charge in [0.1, 0.15) is 18.0 Å². The molecule has 0 radical (unpaired) electrons. The monoisotopic (exact) mass is 324 g/mol. The SMILES string of the molecule is C=CC(=O)COCCC(C)(C)Oc1ccc(-c2ccccc2)cc1. The molecule has 0 heterocycles. The van der Waals surface area contributed by atoms with Crippen molar-refractivity contribution in [3.05, 3.63) is 67.3 Å². The van der Waals surface area contributed by atoms with E-state index in [1.165, 1.54) is 11.6 Å². The topological polar surface area (TPSA) is 35.5 Å². The van der Waals surface area contributed by atoms with Gasteiger partial charge in [-0.05, 0) is 43.2 Å². The number of ether oxygens (including phenoxy) is 2. The van der Waals surface area contributed by atoms with Crippen LogP contribution in [0, 0.1) is 0 Å². The molecule has 0 aliphatic carbocycles. The first kappa shape index (κ1) is 18.0. The highest BCUT2D eigenvalue weighted by Gasteiger charge is 2.19. The van der Waals surface area contributed by atoms with Crippen molar-refractivity contribution in [1.82, 2.24) is 0 Å². The summed E-state index contributed by atoms with van der Waals surface area (Å²) in [6.07, 6.45) is 1.97. The third-order valence-electron chi connectivity index (χ3n) is 3.68. The molecule has 24 heavy (non-hydrogen) atoms. The van der Waals surface area contributed by atoms with Crippen LogP contribution < -0.4 is 4.74 Å². The van der Waals surface area contributed by atoms with E-state index in [-0.39, 0.29) is 18.0 Å². The second kappa shape index (κ2) is 8.46. The number of hydrogen-bond donors (Lipinski definition) is 0. The lowest BCUT2D eigenvalue weighted by Gasteiger charge is -2.26. The predicted molar refractivity (Wildman–Crippen MR) is 97.2 cm³/mol. The van der Waals surface area contributed by atoms with Crippen molar-refractivity contribution in [2.75, 3.05) is 13.2 Å². The Bertz CT molecular complexity index is 657. The minimum absolute atomic E-state index is 0.0748. The first-order valence-electron chi connectivity index (χ1n) is 8.08. The Labute approximate surface area is 143 Å². The summed E-state index contributed by atoms with van der Waals surface area (Å²) < 4.78 is 11.4. The first-order valence-corrected chi connectivity index (χ1v) is 8.08. The molecule has 0 spiro atoms. The zero-order chi connectivity index (χ0) is 17.4. The van der Waals surface area contributed by atoms with E-state index in [0.717, 1.165) is 11.3 Å². The van der Waals surface area contributed by atoms with Gasteiger partial charge in [-0.25, -0.2) is 0 Å². The Morgan fingerprint density at radius 2 is 1.67 bits per heavy atom. The van der Waals surface area contributed by atoms with Crippen LogP contribution in [0.2, 0.25) is 0 Å². The largest absolute Gasteiger partial charge is 0.488 e. The van der Waals surface area contributed by atoms with Crippen LogP contribution in [0.25, 0.3) is 11.1 Å². The smallest absolute Gasteiger partial charge is 0.180 e. The summed E-state index contributed by atoms with van der Waals surface area (Å²) in [5, 5.41) is 0. The number of ketones is 1. The van der Waals surface area contributed by atoms with Crippen molar-refractivity contribution in [3.63, 3.8) is 0 Å². The lowest BCUT2D eigenvalue weighted by Crippen LogP contribution is -2.30. The van der Waals surface area contributed by atoms with Crippen molar-refractivity contribution in [1.29, 1.82) is 0 Å². The van der Waals surface area contributed by atoms with E-state index in [9.17, 15) is 4.79 Å². The van der Waals surface area contributed by atoms with Crippen LogP contribution in [-0.4, -0.2) is 24.6 Å². The van der Waals surface area contributed by atoms with Gasteiger partial charge in [0.15, 0.2) is 5.78 Å². The first-order chi connectivity index (χ1) is 11.5. The maximum absolute atomic E-state index is 11.1. The Morgan fingerprint density at radius 3 is 2.29 bits per heavy atom. The van der Waals surface area contributed by atoms with Gasteiger partial charge >= 0.3 is 0 Å². The average molecular weight is 324 g/mol. The molecular weight excluding hydrogens is 300 g/mol. The number of benzene rings is 2.